The van der Waals surface area contributed by atoms with Gasteiger partial charge in [0.25, 0.3) is 0 Å². The summed E-state index contributed by atoms with van der Waals surface area (Å²) in [5.74, 6) is -0.518. The number of ether oxygens (including phenoxy) is 3. The smallest absolute Gasteiger partial charge is 0.387 e. The molecule has 2 rings (SSSR count). The molecule has 1 aromatic carbocycles. The van der Waals surface area contributed by atoms with Crippen LogP contribution < -0.4 is 9.47 Å². The third kappa shape index (κ3) is 5.49. The Balaban J connectivity index is 2.11. The molecule has 0 spiro atoms. The van der Waals surface area contributed by atoms with E-state index < -0.39 is 12.6 Å². The zero-order valence-corrected chi connectivity index (χ0v) is 17.7. The first kappa shape index (κ1) is 23.2. The fourth-order valence-corrected chi connectivity index (χ4v) is 3.08. The maximum absolute atomic E-state index is 12.7. The van der Waals surface area contributed by atoms with Crippen LogP contribution in [-0.2, 0) is 22.6 Å². The van der Waals surface area contributed by atoms with Crippen LogP contribution in [0.3, 0.4) is 0 Å². The van der Waals surface area contributed by atoms with Crippen molar-refractivity contribution in [3.05, 3.63) is 46.8 Å². The molecule has 30 heavy (non-hydrogen) atoms. The fourth-order valence-electron chi connectivity index (χ4n) is 3.08. The third-order valence-electron chi connectivity index (χ3n) is 4.65. The van der Waals surface area contributed by atoms with Crippen LogP contribution in [0.25, 0.3) is 0 Å². The van der Waals surface area contributed by atoms with Gasteiger partial charge in [-0.3, -0.25) is 4.79 Å². The number of aryl methyl sites for hydroxylation is 1. The van der Waals surface area contributed by atoms with Crippen LogP contribution in [0.2, 0.25) is 0 Å². The van der Waals surface area contributed by atoms with Crippen molar-refractivity contribution in [1.29, 1.82) is 0 Å². The predicted octanol–water partition coefficient (Wildman–Crippen LogP) is 3.55. The molecule has 0 N–H and O–H groups in total. The van der Waals surface area contributed by atoms with Crippen molar-refractivity contribution < 1.29 is 32.6 Å². The van der Waals surface area contributed by atoms with E-state index in [0.29, 0.717) is 16.8 Å². The van der Waals surface area contributed by atoms with E-state index in [-0.39, 0.29) is 37.1 Å². The van der Waals surface area contributed by atoms with Gasteiger partial charge in [0.2, 0.25) is 5.91 Å². The highest BCUT2D eigenvalue weighted by molar-refractivity contribution is 5.91. The minimum atomic E-state index is -2.96. The number of esters is 1. The number of carbonyl (C=O) groups is 2. The van der Waals surface area contributed by atoms with Crippen molar-refractivity contribution in [2.75, 3.05) is 20.8 Å². The molecule has 0 saturated heterocycles. The number of alkyl halides is 2. The van der Waals surface area contributed by atoms with Crippen LogP contribution in [-0.4, -0.2) is 48.7 Å². The number of likely N-dealkylation sites (N-methyl/N-ethyl adjacent to an activating group) is 1. The number of methoxy groups -OCH3 is 1. The lowest BCUT2D eigenvalue weighted by atomic mass is 10.2. The predicted molar refractivity (Wildman–Crippen MR) is 106 cm³/mol. The molecule has 1 amide bonds. The Morgan fingerprint density at radius 2 is 1.87 bits per heavy atom. The molecule has 0 bridgehead atoms. The lowest BCUT2D eigenvalue weighted by molar-refractivity contribution is -0.131. The van der Waals surface area contributed by atoms with Crippen LogP contribution in [0, 0.1) is 13.8 Å². The number of hydrogen-bond donors (Lipinski definition) is 0. The van der Waals surface area contributed by atoms with Crippen molar-refractivity contribution in [1.82, 2.24) is 9.47 Å². The Morgan fingerprint density at radius 3 is 2.47 bits per heavy atom. The van der Waals surface area contributed by atoms with Crippen molar-refractivity contribution in [2.45, 2.75) is 40.5 Å². The van der Waals surface area contributed by atoms with E-state index in [9.17, 15) is 18.4 Å². The molecular weight excluding hydrogens is 398 g/mol. The molecule has 0 saturated carbocycles. The summed E-state index contributed by atoms with van der Waals surface area (Å²) in [4.78, 5) is 26.3. The Labute approximate surface area is 174 Å². The minimum Gasteiger partial charge on any atom is -0.493 e. The van der Waals surface area contributed by atoms with Gasteiger partial charge in [-0.2, -0.15) is 8.78 Å². The molecule has 7 nitrogen and oxygen atoms in total. The number of aromatic nitrogens is 1. The molecule has 0 fully saturated rings. The van der Waals surface area contributed by atoms with Crippen molar-refractivity contribution in [3.63, 3.8) is 0 Å². The first-order chi connectivity index (χ1) is 14.2. The van der Waals surface area contributed by atoms with Crippen molar-refractivity contribution >= 4 is 11.9 Å². The molecular formula is C21H26F2N2O5. The molecule has 0 aliphatic heterocycles. The number of carbonyl (C=O) groups excluding carboxylic acids is 2. The van der Waals surface area contributed by atoms with Gasteiger partial charge >= 0.3 is 12.6 Å². The topological polar surface area (TPSA) is 70.0 Å². The highest BCUT2D eigenvalue weighted by Gasteiger charge is 2.20. The normalized spacial score (nSPS) is 10.8. The lowest BCUT2D eigenvalue weighted by Crippen LogP contribution is -2.30. The molecule has 0 radical (unpaired) electrons. The summed E-state index contributed by atoms with van der Waals surface area (Å²) < 4.78 is 41.2. The van der Waals surface area contributed by atoms with E-state index in [1.165, 1.54) is 18.1 Å². The Bertz CT molecular complexity index is 911. The monoisotopic (exact) mass is 424 g/mol. The second-order valence-electron chi connectivity index (χ2n) is 6.70. The van der Waals surface area contributed by atoms with Gasteiger partial charge < -0.3 is 23.7 Å². The third-order valence-corrected chi connectivity index (χ3v) is 4.65. The molecule has 2 aromatic rings. The van der Waals surface area contributed by atoms with Gasteiger partial charge in [0.15, 0.2) is 11.5 Å². The first-order valence-corrected chi connectivity index (χ1v) is 9.37. The molecule has 0 atom stereocenters. The van der Waals surface area contributed by atoms with E-state index in [1.54, 1.807) is 43.7 Å². The average Bonchev–Trinajstić information content (AvgIpc) is 2.97. The van der Waals surface area contributed by atoms with Crippen molar-refractivity contribution in [3.8, 4) is 11.5 Å². The van der Waals surface area contributed by atoms with E-state index in [4.69, 9.17) is 9.47 Å². The standard InChI is InChI=1S/C21H26F2N2O5/c1-6-29-20(27)16-9-13(2)25(14(16)3)12-19(26)24(4)11-15-7-8-17(30-21(22)23)18(10-15)28-5/h7-10,21H,6,11-12H2,1-5H3. The van der Waals surface area contributed by atoms with E-state index in [2.05, 4.69) is 4.74 Å². The van der Waals surface area contributed by atoms with E-state index in [0.717, 1.165) is 5.69 Å². The SMILES string of the molecule is CCOC(=O)c1cc(C)n(CC(=O)N(C)Cc2ccc(OC(F)F)c(OC)c2)c1C. The van der Waals surface area contributed by atoms with Crippen molar-refractivity contribution in [2.24, 2.45) is 0 Å². The van der Waals surface area contributed by atoms with E-state index in [1.807, 2.05) is 6.92 Å². The molecule has 164 valence electrons. The Morgan fingerprint density at radius 1 is 1.17 bits per heavy atom. The molecule has 0 aliphatic carbocycles. The van der Waals surface area contributed by atoms with Gasteiger partial charge in [-0.15, -0.1) is 0 Å². The zero-order chi connectivity index (χ0) is 22.4. The van der Waals surface area contributed by atoms with Gasteiger partial charge in [0.05, 0.1) is 19.3 Å². The maximum Gasteiger partial charge on any atom is 0.387 e. The van der Waals surface area contributed by atoms with Gasteiger partial charge in [-0.1, -0.05) is 6.07 Å². The second kappa shape index (κ2) is 10.1. The summed E-state index contributed by atoms with van der Waals surface area (Å²) >= 11 is 0. The quantitative estimate of drug-likeness (QED) is 0.576. The van der Waals surface area contributed by atoms with Gasteiger partial charge in [0.1, 0.15) is 6.54 Å². The summed E-state index contributed by atoms with van der Waals surface area (Å²) in [5.41, 5.74) is 2.55. The highest BCUT2D eigenvalue weighted by atomic mass is 19.3. The molecule has 0 aliphatic rings. The Hall–Kier alpha value is -3.10. The fraction of sp³-hybridized carbons (Fsp3) is 0.429. The number of hydrogen-bond acceptors (Lipinski definition) is 5. The maximum atomic E-state index is 12.7. The van der Waals surface area contributed by atoms with Gasteiger partial charge in [0, 0.05) is 25.0 Å². The van der Waals surface area contributed by atoms with Crippen LogP contribution in [0.1, 0.15) is 34.2 Å². The second-order valence-corrected chi connectivity index (χ2v) is 6.70. The summed E-state index contributed by atoms with van der Waals surface area (Å²) in [7, 11) is 2.99. The average molecular weight is 424 g/mol. The number of amides is 1. The molecule has 9 heteroatoms. The minimum absolute atomic E-state index is 0.0529. The summed E-state index contributed by atoms with van der Waals surface area (Å²) in [6.07, 6.45) is 0. The molecule has 0 unspecified atom stereocenters. The Kier molecular flexibility index (Phi) is 7.79. The van der Waals surface area contributed by atoms with Crippen LogP contribution in [0.5, 0.6) is 11.5 Å². The highest BCUT2D eigenvalue weighted by Crippen LogP contribution is 2.29. The van der Waals surface area contributed by atoms with Crippen LogP contribution in [0.15, 0.2) is 24.3 Å². The first-order valence-electron chi connectivity index (χ1n) is 9.37. The summed E-state index contributed by atoms with van der Waals surface area (Å²) in [6, 6.07) is 6.22. The van der Waals surface area contributed by atoms with Crippen LogP contribution in [0.4, 0.5) is 8.78 Å². The van der Waals surface area contributed by atoms with Gasteiger partial charge in [-0.05, 0) is 44.5 Å². The molecule has 1 aromatic heterocycles. The summed E-state index contributed by atoms with van der Waals surface area (Å²) in [6.45, 7) is 2.92. The number of benzene rings is 1. The molecule has 1 heterocycles. The van der Waals surface area contributed by atoms with Crippen LogP contribution >= 0.6 is 0 Å². The zero-order valence-electron chi connectivity index (χ0n) is 17.7. The lowest BCUT2D eigenvalue weighted by Gasteiger charge is -2.20. The largest absolute Gasteiger partial charge is 0.493 e. The number of halogens is 2. The number of rotatable bonds is 9. The van der Waals surface area contributed by atoms with Gasteiger partial charge in [-0.25, -0.2) is 4.79 Å². The number of nitrogens with zero attached hydrogens (tertiary/aromatic N) is 2. The summed E-state index contributed by atoms with van der Waals surface area (Å²) in [5, 5.41) is 0. The van der Waals surface area contributed by atoms with E-state index >= 15 is 0 Å².